The van der Waals surface area contributed by atoms with E-state index in [4.69, 9.17) is 0 Å². The van der Waals surface area contributed by atoms with Crippen LogP contribution in [0.15, 0.2) is 84.9 Å². The molecule has 2 N–H and O–H groups in total. The summed E-state index contributed by atoms with van der Waals surface area (Å²) in [6.07, 6.45) is 0.134. The van der Waals surface area contributed by atoms with Gasteiger partial charge < -0.3 is 10.4 Å². The van der Waals surface area contributed by atoms with Gasteiger partial charge in [-0.2, -0.15) is 9.49 Å². The highest BCUT2D eigenvalue weighted by molar-refractivity contribution is 6.11. The van der Waals surface area contributed by atoms with Gasteiger partial charge in [-0.1, -0.05) is 36.4 Å². The van der Waals surface area contributed by atoms with Crippen molar-refractivity contribution in [2.24, 2.45) is 0 Å². The molecule has 0 bridgehead atoms. The largest absolute Gasteiger partial charge is 0.465 e. The smallest absolute Gasteiger partial charge is 0.414 e. The third-order valence-corrected chi connectivity index (χ3v) is 7.85. The van der Waals surface area contributed by atoms with Crippen molar-refractivity contribution in [3.05, 3.63) is 119 Å². The van der Waals surface area contributed by atoms with Crippen LogP contribution in [0.3, 0.4) is 0 Å². The Hall–Kier alpha value is -5.38. The van der Waals surface area contributed by atoms with Gasteiger partial charge in [0.1, 0.15) is 11.5 Å². The number of nitrogens with zero attached hydrogens (tertiary/aromatic N) is 3. The van der Waals surface area contributed by atoms with Crippen molar-refractivity contribution in [3.63, 3.8) is 0 Å². The van der Waals surface area contributed by atoms with Gasteiger partial charge in [0.15, 0.2) is 0 Å². The number of amides is 3. The van der Waals surface area contributed by atoms with Gasteiger partial charge in [0.05, 0.1) is 16.6 Å². The van der Waals surface area contributed by atoms with E-state index >= 15 is 4.39 Å². The first-order valence-corrected chi connectivity index (χ1v) is 13.6. The summed E-state index contributed by atoms with van der Waals surface area (Å²) in [6, 6.07) is 22.7. The first-order chi connectivity index (χ1) is 20.6. The maximum absolute atomic E-state index is 15.7. The van der Waals surface area contributed by atoms with E-state index < -0.39 is 29.3 Å². The first kappa shape index (κ1) is 27.8. The molecule has 3 aromatic carbocycles. The lowest BCUT2D eigenvalue weighted by Gasteiger charge is -2.19. The third kappa shape index (κ3) is 5.01. The number of carbonyl (C=O) groups excluding carboxylic acids is 2. The highest BCUT2D eigenvalue weighted by atomic mass is 19.1. The summed E-state index contributed by atoms with van der Waals surface area (Å²) in [4.78, 5) is 38.9. The van der Waals surface area contributed by atoms with Crippen molar-refractivity contribution >= 4 is 23.4 Å². The minimum Gasteiger partial charge on any atom is -0.465 e. The van der Waals surface area contributed by atoms with Gasteiger partial charge in [-0.25, -0.2) is 18.6 Å². The molecule has 0 spiro atoms. The van der Waals surface area contributed by atoms with Gasteiger partial charge in [0, 0.05) is 24.2 Å². The van der Waals surface area contributed by atoms with E-state index in [2.05, 4.69) is 10.4 Å². The van der Waals surface area contributed by atoms with Crippen LogP contribution in [0, 0.1) is 18.7 Å². The van der Waals surface area contributed by atoms with Gasteiger partial charge in [-0.05, 0) is 84.5 Å². The van der Waals surface area contributed by atoms with Crippen molar-refractivity contribution in [1.82, 2.24) is 19.8 Å². The second kappa shape index (κ2) is 10.5. The fourth-order valence-corrected chi connectivity index (χ4v) is 5.27. The number of hydrogen-bond acceptors (Lipinski definition) is 4. The van der Waals surface area contributed by atoms with E-state index in [0.717, 1.165) is 35.5 Å². The lowest BCUT2D eigenvalue weighted by molar-refractivity contribution is 0.0783. The number of fused-ring (bicyclic) bond motifs is 1. The van der Waals surface area contributed by atoms with E-state index in [0.29, 0.717) is 27.2 Å². The number of rotatable bonds is 6. The van der Waals surface area contributed by atoms with E-state index in [9.17, 15) is 23.9 Å². The number of aryl methyl sites for hydroxylation is 1. The first-order valence-electron chi connectivity index (χ1n) is 13.6. The van der Waals surface area contributed by atoms with Gasteiger partial charge in [0.25, 0.3) is 11.8 Å². The van der Waals surface area contributed by atoms with Gasteiger partial charge in [0.2, 0.25) is 5.95 Å². The fraction of sp³-hybridized carbons (Fsp3) is 0.152. The van der Waals surface area contributed by atoms with Crippen molar-refractivity contribution in [2.75, 3.05) is 7.05 Å². The number of carboxylic acid groups (broad SMARTS) is 1. The van der Waals surface area contributed by atoms with Crippen LogP contribution >= 0.6 is 0 Å². The molecule has 2 aromatic heterocycles. The van der Waals surface area contributed by atoms with Crippen molar-refractivity contribution in [2.45, 2.75) is 25.3 Å². The molecule has 1 saturated carbocycles. The number of imide groups is 1. The molecular formula is C33H26F2N4O4. The average Bonchev–Trinajstić information content (AvgIpc) is 3.68. The quantitative estimate of drug-likeness (QED) is 0.226. The predicted octanol–water partition coefficient (Wildman–Crippen LogP) is 6.42. The molecule has 10 heteroatoms. The molecule has 0 saturated heterocycles. The number of pyridine rings is 1. The van der Waals surface area contributed by atoms with Crippen LogP contribution in [0.1, 0.15) is 44.7 Å². The minimum atomic E-state index is -1.51. The van der Waals surface area contributed by atoms with Gasteiger partial charge in [-0.15, -0.1) is 0 Å². The summed E-state index contributed by atoms with van der Waals surface area (Å²) in [7, 11) is 1.08. The number of benzene rings is 3. The molecule has 5 aromatic rings. The molecular weight excluding hydrogens is 554 g/mol. The Morgan fingerprint density at radius 2 is 1.63 bits per heavy atom. The molecule has 43 heavy (non-hydrogen) atoms. The highest BCUT2D eigenvalue weighted by Gasteiger charge is 2.45. The number of hydrogen-bond donors (Lipinski definition) is 2. The normalized spacial score (nSPS) is 13.5. The Morgan fingerprint density at radius 3 is 2.28 bits per heavy atom. The standard InChI is InChI=1S/C33H26F2N4O4/c1-19-8-9-21(30(40)36-33(14-15-33)23-6-4-3-5-7-23)16-25(19)22-17-26-28(31(41)38(2)32(42)43)29(37-39(26)27(35)18-22)20-10-12-24(34)13-11-20/h3-13,16-18H,14-15H2,1-2H3,(H,36,40)(H,42,43). The molecule has 0 atom stereocenters. The predicted molar refractivity (Wildman–Crippen MR) is 156 cm³/mol. The molecule has 0 unspecified atom stereocenters. The minimum absolute atomic E-state index is 0.00496. The maximum atomic E-state index is 15.7. The summed E-state index contributed by atoms with van der Waals surface area (Å²) in [5.41, 5.74) is 2.80. The van der Waals surface area contributed by atoms with Crippen LogP contribution in [-0.2, 0) is 5.54 Å². The molecule has 216 valence electrons. The zero-order valence-corrected chi connectivity index (χ0v) is 23.3. The topological polar surface area (TPSA) is 104 Å². The third-order valence-electron chi connectivity index (χ3n) is 7.85. The number of carbonyl (C=O) groups is 3. The van der Waals surface area contributed by atoms with E-state index in [1.807, 2.05) is 37.3 Å². The molecule has 8 nitrogen and oxygen atoms in total. The number of nitrogens with one attached hydrogen (secondary N) is 1. The van der Waals surface area contributed by atoms with Gasteiger partial charge >= 0.3 is 6.09 Å². The lowest BCUT2D eigenvalue weighted by atomic mass is 9.96. The SMILES string of the molecule is Cc1ccc(C(=O)NC2(c3ccccc3)CC2)cc1-c1cc(F)n2nc(-c3ccc(F)cc3)c(C(=O)N(C)C(=O)O)c2c1. The Bertz CT molecular complexity index is 1920. The monoisotopic (exact) mass is 580 g/mol. The molecule has 1 fully saturated rings. The summed E-state index contributed by atoms with van der Waals surface area (Å²) < 4.78 is 30.2. The van der Waals surface area contributed by atoms with Crippen LogP contribution in [0.25, 0.3) is 27.9 Å². The summed E-state index contributed by atoms with van der Waals surface area (Å²) in [6.45, 7) is 1.82. The van der Waals surface area contributed by atoms with Gasteiger partial charge in [-0.3, -0.25) is 9.59 Å². The van der Waals surface area contributed by atoms with Crippen LogP contribution in [-0.4, -0.2) is 44.6 Å². The molecule has 0 aliphatic heterocycles. The lowest BCUT2D eigenvalue weighted by Crippen LogP contribution is -2.34. The molecule has 0 radical (unpaired) electrons. The zero-order chi connectivity index (χ0) is 30.5. The van der Waals surface area contributed by atoms with Crippen LogP contribution in [0.2, 0.25) is 0 Å². The Kier molecular flexibility index (Phi) is 6.76. The Morgan fingerprint density at radius 1 is 0.930 bits per heavy atom. The van der Waals surface area contributed by atoms with Crippen molar-refractivity contribution in [3.8, 4) is 22.4 Å². The molecule has 1 aliphatic rings. The summed E-state index contributed by atoms with van der Waals surface area (Å²) in [5, 5.41) is 16.9. The highest BCUT2D eigenvalue weighted by Crippen LogP contribution is 2.45. The Labute approximate surface area is 245 Å². The van der Waals surface area contributed by atoms with E-state index in [-0.39, 0.29) is 22.7 Å². The fourth-order valence-electron chi connectivity index (χ4n) is 5.27. The zero-order valence-electron chi connectivity index (χ0n) is 23.3. The van der Waals surface area contributed by atoms with Crippen LogP contribution in [0.4, 0.5) is 13.6 Å². The number of halogens is 2. The second-order valence-corrected chi connectivity index (χ2v) is 10.7. The van der Waals surface area contributed by atoms with Crippen LogP contribution < -0.4 is 5.32 Å². The maximum Gasteiger partial charge on any atom is 0.414 e. The van der Waals surface area contributed by atoms with E-state index in [1.54, 1.807) is 18.2 Å². The molecule has 1 aliphatic carbocycles. The van der Waals surface area contributed by atoms with E-state index in [1.165, 1.54) is 36.4 Å². The summed E-state index contributed by atoms with van der Waals surface area (Å²) >= 11 is 0. The second-order valence-electron chi connectivity index (χ2n) is 10.7. The van der Waals surface area contributed by atoms with Crippen LogP contribution in [0.5, 0.6) is 0 Å². The Balaban J connectivity index is 1.45. The molecule has 3 amide bonds. The molecule has 2 heterocycles. The average molecular weight is 581 g/mol. The van der Waals surface area contributed by atoms with Crippen molar-refractivity contribution < 1.29 is 28.3 Å². The van der Waals surface area contributed by atoms with Crippen molar-refractivity contribution in [1.29, 1.82) is 0 Å². The molecule has 6 rings (SSSR count). The summed E-state index contributed by atoms with van der Waals surface area (Å²) in [5.74, 6) is -2.54. The number of aromatic nitrogens is 2.